The first-order valence-electron chi connectivity index (χ1n) is 4.61. The Balaban J connectivity index is 2.54. The minimum Gasteiger partial charge on any atom is -0.493 e. The van der Waals surface area contributed by atoms with E-state index >= 15 is 0 Å². The number of hydrogen-bond donors (Lipinski definition) is 1. The fourth-order valence-corrected chi connectivity index (χ4v) is 1.07. The topological polar surface area (TPSA) is 34.2 Å². The van der Waals surface area contributed by atoms with Crippen LogP contribution in [0.25, 0.3) is 0 Å². The molecule has 72 valence electrons. The van der Waals surface area contributed by atoms with Gasteiger partial charge in [0, 0.05) is 12.7 Å². The van der Waals surface area contributed by atoms with Crippen LogP contribution in [0.15, 0.2) is 18.3 Å². The van der Waals surface area contributed by atoms with Crippen molar-refractivity contribution >= 4 is 5.82 Å². The lowest BCUT2D eigenvalue weighted by Crippen LogP contribution is -2.04. The quantitative estimate of drug-likeness (QED) is 0.706. The molecule has 1 aromatic heterocycles. The van der Waals surface area contributed by atoms with E-state index in [2.05, 4.69) is 17.2 Å². The van der Waals surface area contributed by atoms with E-state index in [-0.39, 0.29) is 0 Å². The molecule has 1 N–H and O–H groups in total. The average Bonchev–Trinajstić information content (AvgIpc) is 2.19. The van der Waals surface area contributed by atoms with Crippen LogP contribution in [-0.4, -0.2) is 18.6 Å². The highest BCUT2D eigenvalue weighted by molar-refractivity contribution is 5.49. The predicted molar refractivity (Wildman–Crippen MR) is 54.2 cm³/mol. The molecule has 0 unspecified atom stereocenters. The van der Waals surface area contributed by atoms with Crippen LogP contribution in [0.5, 0.6) is 5.75 Å². The van der Waals surface area contributed by atoms with Gasteiger partial charge < -0.3 is 10.1 Å². The smallest absolute Gasteiger partial charge is 0.168 e. The van der Waals surface area contributed by atoms with E-state index in [0.29, 0.717) is 0 Å². The van der Waals surface area contributed by atoms with Crippen molar-refractivity contribution in [2.24, 2.45) is 0 Å². The molecule has 0 amide bonds. The van der Waals surface area contributed by atoms with Crippen molar-refractivity contribution in [2.45, 2.75) is 19.8 Å². The third-order valence-electron chi connectivity index (χ3n) is 1.81. The Labute approximate surface area is 79.1 Å². The number of unbranched alkanes of at least 4 members (excludes halogenated alkanes) is 1. The Hall–Kier alpha value is -1.25. The third kappa shape index (κ3) is 2.93. The molecule has 0 aliphatic heterocycles. The summed E-state index contributed by atoms with van der Waals surface area (Å²) in [6, 6.07) is 3.77. The number of pyridine rings is 1. The second-order valence-corrected chi connectivity index (χ2v) is 2.83. The molecular weight excluding hydrogens is 164 g/mol. The van der Waals surface area contributed by atoms with Crippen molar-refractivity contribution < 1.29 is 4.74 Å². The van der Waals surface area contributed by atoms with Crippen LogP contribution in [0.1, 0.15) is 19.8 Å². The first-order chi connectivity index (χ1) is 6.38. The zero-order chi connectivity index (χ0) is 9.52. The first kappa shape index (κ1) is 9.84. The zero-order valence-corrected chi connectivity index (χ0v) is 8.21. The largest absolute Gasteiger partial charge is 0.493 e. The highest BCUT2D eigenvalue weighted by atomic mass is 16.5. The number of methoxy groups -OCH3 is 1. The lowest BCUT2D eigenvalue weighted by molar-refractivity contribution is 0.415. The molecule has 0 spiro atoms. The maximum atomic E-state index is 5.15. The number of nitrogens with zero attached hydrogens (tertiary/aromatic N) is 1. The Bertz CT molecular complexity index is 250. The third-order valence-corrected chi connectivity index (χ3v) is 1.81. The number of anilines is 1. The van der Waals surface area contributed by atoms with Crippen LogP contribution in [-0.2, 0) is 0 Å². The van der Waals surface area contributed by atoms with Gasteiger partial charge in [0.15, 0.2) is 11.6 Å². The molecular formula is C10H16N2O. The van der Waals surface area contributed by atoms with Gasteiger partial charge in [0.25, 0.3) is 0 Å². The summed E-state index contributed by atoms with van der Waals surface area (Å²) in [4.78, 5) is 4.19. The molecule has 0 aliphatic carbocycles. The minimum atomic E-state index is 0.804. The van der Waals surface area contributed by atoms with Gasteiger partial charge in [-0.2, -0.15) is 0 Å². The molecule has 13 heavy (non-hydrogen) atoms. The average molecular weight is 180 g/mol. The van der Waals surface area contributed by atoms with E-state index in [1.54, 1.807) is 13.3 Å². The van der Waals surface area contributed by atoms with Crippen molar-refractivity contribution in [1.82, 2.24) is 4.98 Å². The maximum Gasteiger partial charge on any atom is 0.168 e. The lowest BCUT2D eigenvalue weighted by Gasteiger charge is -2.08. The minimum absolute atomic E-state index is 0.804. The van der Waals surface area contributed by atoms with Crippen molar-refractivity contribution in [2.75, 3.05) is 19.0 Å². The lowest BCUT2D eigenvalue weighted by atomic mass is 10.3. The van der Waals surface area contributed by atoms with Crippen LogP contribution in [0, 0.1) is 0 Å². The van der Waals surface area contributed by atoms with Crippen molar-refractivity contribution in [1.29, 1.82) is 0 Å². The highest BCUT2D eigenvalue weighted by Crippen LogP contribution is 2.19. The van der Waals surface area contributed by atoms with Gasteiger partial charge in [0.2, 0.25) is 0 Å². The Morgan fingerprint density at radius 2 is 2.38 bits per heavy atom. The molecule has 0 fully saturated rings. The molecule has 0 atom stereocenters. The molecule has 3 heteroatoms. The van der Waals surface area contributed by atoms with E-state index < -0.39 is 0 Å². The molecule has 0 saturated carbocycles. The monoisotopic (exact) mass is 180 g/mol. The van der Waals surface area contributed by atoms with E-state index in [4.69, 9.17) is 4.74 Å². The molecule has 1 heterocycles. The number of rotatable bonds is 5. The highest BCUT2D eigenvalue weighted by Gasteiger charge is 2.00. The molecule has 1 aromatic rings. The molecule has 0 radical (unpaired) electrons. The van der Waals surface area contributed by atoms with Gasteiger partial charge in [-0.15, -0.1) is 0 Å². The van der Waals surface area contributed by atoms with E-state index in [1.807, 2.05) is 12.1 Å². The van der Waals surface area contributed by atoms with Crippen LogP contribution in [0.4, 0.5) is 5.82 Å². The van der Waals surface area contributed by atoms with E-state index in [0.717, 1.165) is 24.5 Å². The zero-order valence-electron chi connectivity index (χ0n) is 8.21. The van der Waals surface area contributed by atoms with Crippen LogP contribution in [0.2, 0.25) is 0 Å². The van der Waals surface area contributed by atoms with Crippen molar-refractivity contribution in [3.63, 3.8) is 0 Å². The van der Waals surface area contributed by atoms with Crippen molar-refractivity contribution in [3.05, 3.63) is 18.3 Å². The van der Waals surface area contributed by atoms with Gasteiger partial charge in [-0.25, -0.2) is 4.98 Å². The number of ether oxygens (including phenoxy) is 1. The molecule has 0 bridgehead atoms. The number of nitrogens with one attached hydrogen (secondary N) is 1. The SMILES string of the molecule is CCCCNc1ncccc1OC. The Kier molecular flexibility index (Phi) is 4.09. The van der Waals surface area contributed by atoms with E-state index in [9.17, 15) is 0 Å². The van der Waals surface area contributed by atoms with Gasteiger partial charge in [0.05, 0.1) is 7.11 Å². The second-order valence-electron chi connectivity index (χ2n) is 2.83. The Morgan fingerprint density at radius 1 is 1.54 bits per heavy atom. The normalized spacial score (nSPS) is 9.69. The summed E-state index contributed by atoms with van der Waals surface area (Å²) in [7, 11) is 1.65. The molecule has 0 aromatic carbocycles. The van der Waals surface area contributed by atoms with Gasteiger partial charge in [-0.1, -0.05) is 13.3 Å². The van der Waals surface area contributed by atoms with Gasteiger partial charge >= 0.3 is 0 Å². The predicted octanol–water partition coefficient (Wildman–Crippen LogP) is 2.30. The fraction of sp³-hybridized carbons (Fsp3) is 0.500. The summed E-state index contributed by atoms with van der Waals surface area (Å²) < 4.78 is 5.15. The number of aromatic nitrogens is 1. The molecule has 3 nitrogen and oxygen atoms in total. The van der Waals surface area contributed by atoms with Gasteiger partial charge in [-0.05, 0) is 18.6 Å². The van der Waals surface area contributed by atoms with Gasteiger partial charge in [-0.3, -0.25) is 0 Å². The standard InChI is InChI=1S/C10H16N2O/c1-3-4-7-11-10-9(13-2)6-5-8-12-10/h5-6,8H,3-4,7H2,1-2H3,(H,11,12). The number of hydrogen-bond acceptors (Lipinski definition) is 3. The van der Waals surface area contributed by atoms with Gasteiger partial charge in [0.1, 0.15) is 0 Å². The molecule has 0 saturated heterocycles. The summed E-state index contributed by atoms with van der Waals surface area (Å²) >= 11 is 0. The second kappa shape index (κ2) is 5.41. The Morgan fingerprint density at radius 3 is 3.08 bits per heavy atom. The summed E-state index contributed by atoms with van der Waals surface area (Å²) in [6.45, 7) is 3.11. The van der Waals surface area contributed by atoms with Crippen LogP contribution < -0.4 is 10.1 Å². The van der Waals surface area contributed by atoms with Crippen LogP contribution in [0.3, 0.4) is 0 Å². The molecule has 0 aliphatic rings. The van der Waals surface area contributed by atoms with Crippen LogP contribution >= 0.6 is 0 Å². The molecule has 1 rings (SSSR count). The maximum absolute atomic E-state index is 5.15. The summed E-state index contributed by atoms with van der Waals surface area (Å²) in [5, 5.41) is 3.23. The van der Waals surface area contributed by atoms with E-state index in [1.165, 1.54) is 6.42 Å². The first-order valence-corrected chi connectivity index (χ1v) is 4.61. The van der Waals surface area contributed by atoms with Crippen molar-refractivity contribution in [3.8, 4) is 5.75 Å². The summed E-state index contributed by atoms with van der Waals surface area (Å²) in [5.41, 5.74) is 0. The summed E-state index contributed by atoms with van der Waals surface area (Å²) in [5.74, 6) is 1.64. The fourth-order valence-electron chi connectivity index (χ4n) is 1.07. The summed E-state index contributed by atoms with van der Waals surface area (Å²) in [6.07, 6.45) is 4.10.